The number of fused-ring (bicyclic) bond motifs is 1. The van der Waals surface area contributed by atoms with Gasteiger partial charge in [-0.3, -0.25) is 4.79 Å². The molecule has 0 atom stereocenters. The van der Waals surface area contributed by atoms with E-state index in [9.17, 15) is 4.79 Å². The molecular weight excluding hydrogens is 338 g/mol. The number of amides is 1. The predicted molar refractivity (Wildman–Crippen MR) is 106 cm³/mol. The van der Waals surface area contributed by atoms with Crippen molar-refractivity contribution in [2.24, 2.45) is 5.92 Å². The molecule has 0 radical (unpaired) electrons. The largest absolute Gasteiger partial charge is 0.477 e. The van der Waals surface area contributed by atoms with Gasteiger partial charge in [0, 0.05) is 41.9 Å². The van der Waals surface area contributed by atoms with Crippen LogP contribution in [0.1, 0.15) is 24.0 Å². The van der Waals surface area contributed by atoms with Crippen molar-refractivity contribution in [1.29, 1.82) is 0 Å². The van der Waals surface area contributed by atoms with Crippen molar-refractivity contribution < 1.29 is 9.53 Å². The molecule has 140 valence electrons. The standard InChI is InChI=1S/C22H25N3O2/c1-16-5-4-10-23-22(16)27-15-17-8-11-25(12-9-17)21(26)13-18-14-24-20-7-3-2-6-19(18)20/h2-7,10,14,17,24H,8-9,11-13,15H2,1H3. The van der Waals surface area contributed by atoms with Crippen molar-refractivity contribution in [1.82, 2.24) is 14.9 Å². The zero-order chi connectivity index (χ0) is 18.6. The molecule has 0 saturated carbocycles. The number of aromatic nitrogens is 2. The van der Waals surface area contributed by atoms with Crippen molar-refractivity contribution in [3.8, 4) is 5.88 Å². The molecule has 2 aromatic heterocycles. The second-order valence-electron chi connectivity index (χ2n) is 7.30. The summed E-state index contributed by atoms with van der Waals surface area (Å²) in [5, 5.41) is 1.14. The molecule has 0 bridgehead atoms. The Morgan fingerprint density at radius 1 is 1.22 bits per heavy atom. The number of aromatic amines is 1. The average molecular weight is 363 g/mol. The summed E-state index contributed by atoms with van der Waals surface area (Å²) in [6, 6.07) is 12.0. The van der Waals surface area contributed by atoms with E-state index in [0.717, 1.165) is 53.8 Å². The van der Waals surface area contributed by atoms with Crippen LogP contribution in [0.2, 0.25) is 0 Å². The number of carbonyl (C=O) groups is 1. The van der Waals surface area contributed by atoms with Gasteiger partial charge in [0.25, 0.3) is 0 Å². The van der Waals surface area contributed by atoms with E-state index in [-0.39, 0.29) is 5.91 Å². The van der Waals surface area contributed by atoms with Crippen molar-refractivity contribution in [2.75, 3.05) is 19.7 Å². The van der Waals surface area contributed by atoms with Gasteiger partial charge in [0.05, 0.1) is 13.0 Å². The Balaban J connectivity index is 1.28. The van der Waals surface area contributed by atoms with E-state index >= 15 is 0 Å². The van der Waals surface area contributed by atoms with Crippen LogP contribution in [0.4, 0.5) is 0 Å². The van der Waals surface area contributed by atoms with Crippen molar-refractivity contribution >= 4 is 16.8 Å². The fourth-order valence-corrected chi connectivity index (χ4v) is 3.72. The van der Waals surface area contributed by atoms with Gasteiger partial charge >= 0.3 is 0 Å². The highest BCUT2D eigenvalue weighted by molar-refractivity contribution is 5.88. The summed E-state index contributed by atoms with van der Waals surface area (Å²) in [4.78, 5) is 22.2. The SMILES string of the molecule is Cc1cccnc1OCC1CCN(C(=O)Cc2c[nH]c3ccccc23)CC1. The maximum atomic E-state index is 12.7. The van der Waals surface area contributed by atoms with Gasteiger partial charge in [-0.1, -0.05) is 24.3 Å². The van der Waals surface area contributed by atoms with E-state index in [1.165, 1.54) is 0 Å². The average Bonchev–Trinajstić information content (AvgIpc) is 3.11. The van der Waals surface area contributed by atoms with Gasteiger partial charge in [0.2, 0.25) is 11.8 Å². The molecular formula is C22H25N3O2. The minimum absolute atomic E-state index is 0.208. The van der Waals surface area contributed by atoms with Gasteiger partial charge in [-0.25, -0.2) is 4.98 Å². The molecule has 3 heterocycles. The van der Waals surface area contributed by atoms with Crippen LogP contribution in [0.25, 0.3) is 10.9 Å². The Kier molecular flexibility index (Phi) is 5.10. The molecule has 1 aromatic carbocycles. The smallest absolute Gasteiger partial charge is 0.227 e. The maximum Gasteiger partial charge on any atom is 0.227 e. The number of para-hydroxylation sites is 1. The lowest BCUT2D eigenvalue weighted by molar-refractivity contribution is -0.132. The molecule has 5 nitrogen and oxygen atoms in total. The lowest BCUT2D eigenvalue weighted by Gasteiger charge is -2.32. The van der Waals surface area contributed by atoms with Crippen LogP contribution < -0.4 is 4.74 Å². The summed E-state index contributed by atoms with van der Waals surface area (Å²) in [6.45, 7) is 4.28. The summed E-state index contributed by atoms with van der Waals surface area (Å²) in [5.41, 5.74) is 3.22. The lowest BCUT2D eigenvalue weighted by atomic mass is 9.97. The summed E-state index contributed by atoms with van der Waals surface area (Å²) in [7, 11) is 0. The minimum Gasteiger partial charge on any atom is -0.477 e. The van der Waals surface area contributed by atoms with Crippen LogP contribution in [-0.2, 0) is 11.2 Å². The van der Waals surface area contributed by atoms with Crippen molar-refractivity contribution in [3.05, 3.63) is 59.9 Å². The fraction of sp³-hybridized carbons (Fsp3) is 0.364. The molecule has 3 aromatic rings. The number of nitrogens with one attached hydrogen (secondary N) is 1. The van der Waals surface area contributed by atoms with Crippen LogP contribution in [0.3, 0.4) is 0 Å². The zero-order valence-electron chi connectivity index (χ0n) is 15.6. The number of hydrogen-bond donors (Lipinski definition) is 1. The minimum atomic E-state index is 0.208. The number of nitrogens with zero attached hydrogens (tertiary/aromatic N) is 2. The molecule has 1 aliphatic rings. The highest BCUT2D eigenvalue weighted by Crippen LogP contribution is 2.22. The number of H-pyrrole nitrogens is 1. The third-order valence-corrected chi connectivity index (χ3v) is 5.40. The molecule has 0 unspecified atom stereocenters. The Hall–Kier alpha value is -2.82. The van der Waals surface area contributed by atoms with Gasteiger partial charge < -0.3 is 14.6 Å². The number of hydrogen-bond acceptors (Lipinski definition) is 3. The first kappa shape index (κ1) is 17.6. The molecule has 27 heavy (non-hydrogen) atoms. The van der Waals surface area contributed by atoms with Crippen LogP contribution in [0, 0.1) is 12.8 Å². The van der Waals surface area contributed by atoms with E-state index in [0.29, 0.717) is 18.9 Å². The Morgan fingerprint density at radius 3 is 2.85 bits per heavy atom. The first-order valence-corrected chi connectivity index (χ1v) is 9.58. The first-order chi connectivity index (χ1) is 13.2. The number of piperidine rings is 1. The van der Waals surface area contributed by atoms with Crippen LogP contribution in [0.15, 0.2) is 48.8 Å². The summed E-state index contributed by atoms with van der Waals surface area (Å²) >= 11 is 0. The molecule has 1 saturated heterocycles. The second kappa shape index (κ2) is 7.82. The number of aryl methyl sites for hydroxylation is 1. The van der Waals surface area contributed by atoms with Crippen molar-refractivity contribution in [3.63, 3.8) is 0 Å². The summed E-state index contributed by atoms with van der Waals surface area (Å²) in [6.07, 6.45) is 6.13. The van der Waals surface area contributed by atoms with Gasteiger partial charge in [0.1, 0.15) is 0 Å². The Labute approximate surface area is 159 Å². The molecule has 0 aliphatic carbocycles. The van der Waals surface area contributed by atoms with E-state index in [2.05, 4.69) is 16.0 Å². The second-order valence-corrected chi connectivity index (χ2v) is 7.30. The van der Waals surface area contributed by atoms with Gasteiger partial charge in [0.15, 0.2) is 0 Å². The van der Waals surface area contributed by atoms with E-state index < -0.39 is 0 Å². The molecule has 1 fully saturated rings. The quantitative estimate of drug-likeness (QED) is 0.751. The number of likely N-dealkylation sites (tertiary alicyclic amines) is 1. The number of benzene rings is 1. The molecule has 1 aliphatic heterocycles. The van der Waals surface area contributed by atoms with Gasteiger partial charge in [-0.2, -0.15) is 0 Å². The third kappa shape index (κ3) is 3.97. The van der Waals surface area contributed by atoms with Gasteiger partial charge in [-0.05, 0) is 43.4 Å². The number of rotatable bonds is 5. The predicted octanol–water partition coefficient (Wildman–Crippen LogP) is 3.73. The van der Waals surface area contributed by atoms with Crippen LogP contribution >= 0.6 is 0 Å². The molecule has 4 rings (SSSR count). The normalized spacial score (nSPS) is 15.2. The number of pyridine rings is 1. The number of carbonyl (C=O) groups excluding carboxylic acids is 1. The number of ether oxygens (including phenoxy) is 1. The monoisotopic (exact) mass is 363 g/mol. The maximum absolute atomic E-state index is 12.7. The first-order valence-electron chi connectivity index (χ1n) is 9.58. The van der Waals surface area contributed by atoms with E-state index in [4.69, 9.17) is 4.74 Å². The highest BCUT2D eigenvalue weighted by Gasteiger charge is 2.24. The van der Waals surface area contributed by atoms with Crippen LogP contribution in [-0.4, -0.2) is 40.5 Å². The zero-order valence-corrected chi connectivity index (χ0v) is 15.6. The molecule has 1 N–H and O–H groups in total. The highest BCUT2D eigenvalue weighted by atomic mass is 16.5. The Morgan fingerprint density at radius 2 is 2.04 bits per heavy atom. The molecule has 0 spiro atoms. The van der Waals surface area contributed by atoms with E-state index in [1.54, 1.807) is 6.20 Å². The molecule has 1 amide bonds. The van der Waals surface area contributed by atoms with Crippen molar-refractivity contribution in [2.45, 2.75) is 26.2 Å². The third-order valence-electron chi connectivity index (χ3n) is 5.40. The van der Waals surface area contributed by atoms with Crippen LogP contribution in [0.5, 0.6) is 5.88 Å². The summed E-state index contributed by atoms with van der Waals surface area (Å²) < 4.78 is 5.89. The van der Waals surface area contributed by atoms with E-state index in [1.807, 2.05) is 48.4 Å². The van der Waals surface area contributed by atoms with Gasteiger partial charge in [-0.15, -0.1) is 0 Å². The topological polar surface area (TPSA) is 58.2 Å². The Bertz CT molecular complexity index is 926. The summed E-state index contributed by atoms with van der Waals surface area (Å²) in [5.74, 6) is 1.40. The lowest BCUT2D eigenvalue weighted by Crippen LogP contribution is -2.40. The molecule has 5 heteroatoms. The fourth-order valence-electron chi connectivity index (χ4n) is 3.72.